The second-order valence-corrected chi connectivity index (χ2v) is 12.4. The molecule has 172 valence electrons. The van der Waals surface area contributed by atoms with Gasteiger partial charge in [0.1, 0.15) is 18.8 Å². The number of hydrogen-bond acceptors (Lipinski definition) is 5. The summed E-state index contributed by atoms with van der Waals surface area (Å²) in [6, 6.07) is 13.9. The molecule has 1 saturated heterocycles. The van der Waals surface area contributed by atoms with Crippen LogP contribution in [0.4, 0.5) is 10.2 Å². The Morgan fingerprint density at radius 1 is 1.21 bits per heavy atom. The highest BCUT2D eigenvalue weighted by Gasteiger charge is 2.30. The van der Waals surface area contributed by atoms with Crippen molar-refractivity contribution in [1.82, 2.24) is 14.6 Å². The van der Waals surface area contributed by atoms with Gasteiger partial charge in [-0.15, -0.1) is 0 Å². The molecule has 4 aromatic rings. The molecule has 3 heterocycles. The average molecular weight is 494 g/mol. The molecule has 5 rings (SSSR count). The van der Waals surface area contributed by atoms with E-state index in [0.29, 0.717) is 27.1 Å². The smallest absolute Gasteiger partial charge is 0.165 e. The van der Waals surface area contributed by atoms with E-state index in [9.17, 15) is 14.2 Å². The molecule has 1 aliphatic heterocycles. The third-order valence-electron chi connectivity index (χ3n) is 6.23. The maximum atomic E-state index is 14.6. The van der Waals surface area contributed by atoms with Crippen LogP contribution in [0, 0.1) is 17.1 Å². The van der Waals surface area contributed by atoms with Crippen LogP contribution in [0.2, 0.25) is 5.02 Å². The van der Waals surface area contributed by atoms with Crippen LogP contribution in [0.15, 0.2) is 54.9 Å². The number of fused-ring (bicyclic) bond motifs is 1. The number of nitrogens with zero attached hydrogens (tertiary/aromatic N) is 5. The minimum absolute atomic E-state index is 0.159. The summed E-state index contributed by atoms with van der Waals surface area (Å²) in [5, 5.41) is 15.1. The molecular formula is C25H22ClFN5OP. The van der Waals surface area contributed by atoms with Crippen molar-refractivity contribution < 1.29 is 8.96 Å². The molecule has 0 aliphatic carbocycles. The maximum absolute atomic E-state index is 14.6. The highest BCUT2D eigenvalue weighted by molar-refractivity contribution is 7.70. The van der Waals surface area contributed by atoms with Gasteiger partial charge in [-0.05, 0) is 68.1 Å². The lowest BCUT2D eigenvalue weighted by Crippen LogP contribution is -2.24. The van der Waals surface area contributed by atoms with E-state index < -0.39 is 7.14 Å². The van der Waals surface area contributed by atoms with Crippen LogP contribution in [-0.2, 0) is 4.57 Å². The van der Waals surface area contributed by atoms with Gasteiger partial charge in [0.25, 0.3) is 0 Å². The zero-order chi connectivity index (χ0) is 24.0. The molecule has 6 nitrogen and oxygen atoms in total. The highest BCUT2D eigenvalue weighted by Crippen LogP contribution is 2.39. The first kappa shape index (κ1) is 22.6. The summed E-state index contributed by atoms with van der Waals surface area (Å²) in [6.07, 6.45) is 5.25. The van der Waals surface area contributed by atoms with Gasteiger partial charge in [0.15, 0.2) is 5.65 Å². The Kier molecular flexibility index (Phi) is 5.67. The van der Waals surface area contributed by atoms with Crippen molar-refractivity contribution in [3.63, 3.8) is 0 Å². The number of hydrogen-bond donors (Lipinski definition) is 0. The van der Waals surface area contributed by atoms with Crippen molar-refractivity contribution in [3.8, 4) is 17.2 Å². The molecule has 0 spiro atoms. The van der Waals surface area contributed by atoms with Gasteiger partial charge in [-0.25, -0.2) is 13.9 Å². The fourth-order valence-electron chi connectivity index (χ4n) is 4.62. The maximum Gasteiger partial charge on any atom is 0.165 e. The van der Waals surface area contributed by atoms with Crippen molar-refractivity contribution >= 4 is 35.5 Å². The number of halogens is 2. The molecule has 0 bridgehead atoms. The molecule has 34 heavy (non-hydrogen) atoms. The Bertz CT molecular complexity index is 1510. The summed E-state index contributed by atoms with van der Waals surface area (Å²) in [5.74, 6) is 0.445. The van der Waals surface area contributed by atoms with Crippen LogP contribution in [0.3, 0.4) is 0 Å². The van der Waals surface area contributed by atoms with E-state index in [-0.39, 0.29) is 11.9 Å². The molecule has 0 saturated carbocycles. The van der Waals surface area contributed by atoms with Gasteiger partial charge < -0.3 is 9.46 Å². The van der Waals surface area contributed by atoms with Crippen LogP contribution in [0.5, 0.6) is 0 Å². The fourth-order valence-corrected chi connectivity index (χ4v) is 5.93. The number of rotatable bonds is 4. The van der Waals surface area contributed by atoms with Gasteiger partial charge in [0.05, 0.1) is 23.9 Å². The Morgan fingerprint density at radius 3 is 2.79 bits per heavy atom. The Hall–Kier alpha value is -3.20. The zero-order valence-electron chi connectivity index (χ0n) is 18.7. The van der Waals surface area contributed by atoms with E-state index in [1.54, 1.807) is 48.3 Å². The monoisotopic (exact) mass is 493 g/mol. The fraction of sp³-hybridized carbons (Fsp3) is 0.240. The SMILES string of the molecule is CP(C)(=O)c1ccc(-c2cnn3ccc(N4CCC[C@@H]4c4cc(Cl)ccc4F)nc23)cc1C#N. The van der Waals surface area contributed by atoms with Gasteiger partial charge in [0.2, 0.25) is 0 Å². The molecule has 1 aliphatic rings. The van der Waals surface area contributed by atoms with Gasteiger partial charge in [-0.1, -0.05) is 17.7 Å². The van der Waals surface area contributed by atoms with Crippen molar-refractivity contribution in [2.24, 2.45) is 0 Å². The topological polar surface area (TPSA) is 74.3 Å². The lowest BCUT2D eigenvalue weighted by molar-refractivity contribution is 0.579. The first-order chi connectivity index (χ1) is 16.3. The highest BCUT2D eigenvalue weighted by atomic mass is 35.5. The number of benzene rings is 2. The Balaban J connectivity index is 1.57. The molecule has 1 fully saturated rings. The summed E-state index contributed by atoms with van der Waals surface area (Å²) < 4.78 is 28.9. The minimum atomic E-state index is -2.59. The van der Waals surface area contributed by atoms with Crippen molar-refractivity contribution in [2.75, 3.05) is 24.8 Å². The molecule has 9 heteroatoms. The van der Waals surface area contributed by atoms with Gasteiger partial charge in [-0.3, -0.25) is 0 Å². The largest absolute Gasteiger partial charge is 0.349 e. The Morgan fingerprint density at radius 2 is 2.03 bits per heavy atom. The number of aromatic nitrogens is 3. The van der Waals surface area contributed by atoms with Crippen LogP contribution >= 0.6 is 18.7 Å². The van der Waals surface area contributed by atoms with E-state index in [0.717, 1.165) is 36.3 Å². The van der Waals surface area contributed by atoms with E-state index in [2.05, 4.69) is 16.1 Å². The summed E-state index contributed by atoms with van der Waals surface area (Å²) in [5.41, 5.74) is 3.11. The van der Waals surface area contributed by atoms with E-state index in [1.807, 2.05) is 18.3 Å². The molecule has 1 atom stereocenters. The summed E-state index contributed by atoms with van der Waals surface area (Å²) in [6.45, 7) is 4.06. The standard InChI is InChI=1S/C25H22ClFN5OP/c1-34(2,33)23-8-5-16(12-17(23)14-28)20-15-29-32-11-9-24(30-25(20)32)31-10-3-4-22(31)19-13-18(26)6-7-21(19)27/h5-9,11-13,15,22H,3-4,10H2,1-2H3/t22-/m1/s1. The minimum Gasteiger partial charge on any atom is -0.349 e. The lowest BCUT2D eigenvalue weighted by atomic mass is 10.0. The third kappa shape index (κ3) is 3.98. The molecule has 0 radical (unpaired) electrons. The second-order valence-electron chi connectivity index (χ2n) is 8.82. The zero-order valence-corrected chi connectivity index (χ0v) is 20.4. The van der Waals surface area contributed by atoms with E-state index in [4.69, 9.17) is 16.6 Å². The van der Waals surface area contributed by atoms with Crippen LogP contribution in [-0.4, -0.2) is 34.5 Å². The number of anilines is 1. The summed E-state index contributed by atoms with van der Waals surface area (Å²) >= 11 is 6.15. The van der Waals surface area contributed by atoms with Crippen LogP contribution in [0.1, 0.15) is 30.0 Å². The molecule has 0 unspecified atom stereocenters. The van der Waals surface area contributed by atoms with Gasteiger partial charge >= 0.3 is 0 Å². The quantitative estimate of drug-likeness (QED) is 0.343. The van der Waals surface area contributed by atoms with Gasteiger partial charge in [-0.2, -0.15) is 10.4 Å². The first-order valence-electron chi connectivity index (χ1n) is 10.9. The molecule has 2 aromatic carbocycles. The normalized spacial score (nSPS) is 16.2. The van der Waals surface area contributed by atoms with Crippen molar-refractivity contribution in [2.45, 2.75) is 18.9 Å². The molecule has 0 amide bonds. The predicted octanol–water partition coefficient (Wildman–Crippen LogP) is 5.65. The number of nitriles is 1. The predicted molar refractivity (Wildman–Crippen MR) is 133 cm³/mol. The van der Waals surface area contributed by atoms with Crippen LogP contribution < -0.4 is 10.2 Å². The molecular weight excluding hydrogens is 472 g/mol. The summed E-state index contributed by atoms with van der Waals surface area (Å²) in [7, 11) is -2.59. The molecule has 0 N–H and O–H groups in total. The third-order valence-corrected chi connectivity index (χ3v) is 8.01. The van der Waals surface area contributed by atoms with Gasteiger partial charge in [0, 0.05) is 34.2 Å². The second kappa shape index (κ2) is 8.54. The van der Waals surface area contributed by atoms with Crippen molar-refractivity contribution in [3.05, 3.63) is 76.8 Å². The average Bonchev–Trinajstić information content (AvgIpc) is 3.46. The van der Waals surface area contributed by atoms with Crippen LogP contribution in [0.25, 0.3) is 16.8 Å². The lowest BCUT2D eigenvalue weighted by Gasteiger charge is -2.26. The van der Waals surface area contributed by atoms with E-state index in [1.165, 1.54) is 6.07 Å². The summed E-state index contributed by atoms with van der Waals surface area (Å²) in [4.78, 5) is 6.98. The Labute approximate surface area is 202 Å². The first-order valence-corrected chi connectivity index (χ1v) is 13.9. The van der Waals surface area contributed by atoms with Crippen molar-refractivity contribution in [1.29, 1.82) is 5.26 Å². The van der Waals surface area contributed by atoms with E-state index >= 15 is 0 Å². The molecule has 2 aromatic heterocycles.